The smallest absolute Gasteiger partial charge is 0.142 e. The molecular weight excluding hydrogens is 186 g/mol. The van der Waals surface area contributed by atoms with Gasteiger partial charge in [-0.3, -0.25) is 0 Å². The minimum absolute atomic E-state index is 0.0521. The number of aromatic nitrogens is 1. The molecule has 0 saturated carbocycles. The van der Waals surface area contributed by atoms with E-state index in [1.165, 1.54) is 0 Å². The molecule has 0 aliphatic heterocycles. The molecule has 0 saturated heterocycles. The Bertz CT molecular complexity index is 258. The summed E-state index contributed by atoms with van der Waals surface area (Å²) in [5, 5.41) is 4.08. The van der Waals surface area contributed by atoms with Gasteiger partial charge in [-0.15, -0.1) is 0 Å². The summed E-state index contributed by atoms with van der Waals surface area (Å²) in [5.41, 5.74) is 1.15. The van der Waals surface area contributed by atoms with E-state index in [0.29, 0.717) is 0 Å². The first kappa shape index (κ1) is 14.2. The van der Waals surface area contributed by atoms with Crippen LogP contribution in [0.15, 0.2) is 10.6 Å². The minimum atomic E-state index is 0.0521. The van der Waals surface area contributed by atoms with Crippen molar-refractivity contribution in [3.63, 3.8) is 0 Å². The molecule has 0 atom stereocenters. The average molecular weight is 211 g/mol. The third kappa shape index (κ3) is 4.06. The largest absolute Gasteiger partial charge is 0.361 e. The highest BCUT2D eigenvalue weighted by molar-refractivity contribution is 5.18. The van der Waals surface area contributed by atoms with Gasteiger partial charge in [0.1, 0.15) is 5.76 Å². The van der Waals surface area contributed by atoms with Crippen molar-refractivity contribution in [2.24, 2.45) is 0 Å². The van der Waals surface area contributed by atoms with Crippen LogP contribution < -0.4 is 0 Å². The normalized spacial score (nSPS) is 12.0. The van der Waals surface area contributed by atoms with Crippen molar-refractivity contribution >= 4 is 0 Å². The van der Waals surface area contributed by atoms with Crippen LogP contribution in [-0.2, 0) is 10.8 Å². The van der Waals surface area contributed by atoms with Gasteiger partial charge in [0.2, 0.25) is 0 Å². The van der Waals surface area contributed by atoms with Crippen LogP contribution in [0.4, 0.5) is 0 Å². The summed E-state index contributed by atoms with van der Waals surface area (Å²) in [6, 6.07) is 2.06. The van der Waals surface area contributed by atoms with Crippen LogP contribution in [0.2, 0.25) is 0 Å². The van der Waals surface area contributed by atoms with E-state index in [4.69, 9.17) is 4.52 Å². The van der Waals surface area contributed by atoms with E-state index in [1.54, 1.807) is 0 Å². The van der Waals surface area contributed by atoms with Crippen molar-refractivity contribution in [3.05, 3.63) is 17.5 Å². The lowest BCUT2D eigenvalue weighted by Crippen LogP contribution is -2.12. The van der Waals surface area contributed by atoms with Crippen LogP contribution in [-0.4, -0.2) is 5.16 Å². The van der Waals surface area contributed by atoms with Crippen LogP contribution >= 0.6 is 0 Å². The molecular formula is C13H25NO. The lowest BCUT2D eigenvalue weighted by Gasteiger charge is -2.14. The van der Waals surface area contributed by atoms with E-state index in [1.807, 2.05) is 13.8 Å². The molecule has 1 heterocycles. The van der Waals surface area contributed by atoms with Crippen molar-refractivity contribution in [3.8, 4) is 0 Å². The maximum absolute atomic E-state index is 5.31. The first-order chi connectivity index (χ1) is 6.71. The lowest BCUT2D eigenvalue weighted by atomic mass is 9.88. The first-order valence-electron chi connectivity index (χ1n) is 5.69. The fourth-order valence-electron chi connectivity index (χ4n) is 0.982. The molecule has 2 nitrogen and oxygen atoms in total. The van der Waals surface area contributed by atoms with Gasteiger partial charge < -0.3 is 4.52 Å². The van der Waals surface area contributed by atoms with E-state index < -0.39 is 0 Å². The van der Waals surface area contributed by atoms with Crippen molar-refractivity contribution in [1.29, 1.82) is 0 Å². The van der Waals surface area contributed by atoms with Gasteiger partial charge in [-0.1, -0.05) is 60.5 Å². The SMILES string of the molecule is CC.CC(C)(C)c1cc(C(C)(C)C)on1. The Morgan fingerprint density at radius 3 is 1.60 bits per heavy atom. The van der Waals surface area contributed by atoms with E-state index in [2.05, 4.69) is 52.8 Å². The zero-order valence-corrected chi connectivity index (χ0v) is 11.4. The van der Waals surface area contributed by atoms with E-state index >= 15 is 0 Å². The molecule has 0 aliphatic carbocycles. The molecule has 1 aromatic rings. The fraction of sp³-hybridized carbons (Fsp3) is 0.769. The van der Waals surface area contributed by atoms with Crippen molar-refractivity contribution in [2.45, 2.75) is 66.2 Å². The fourth-order valence-corrected chi connectivity index (χ4v) is 0.982. The van der Waals surface area contributed by atoms with E-state index in [9.17, 15) is 0 Å². The Labute approximate surface area is 94.1 Å². The third-order valence-electron chi connectivity index (χ3n) is 2.02. The van der Waals surface area contributed by atoms with Gasteiger partial charge in [0, 0.05) is 16.9 Å². The quantitative estimate of drug-likeness (QED) is 0.639. The second-order valence-electron chi connectivity index (χ2n) is 5.58. The van der Waals surface area contributed by atoms with Gasteiger partial charge in [0.15, 0.2) is 0 Å². The Morgan fingerprint density at radius 1 is 0.933 bits per heavy atom. The highest BCUT2D eigenvalue weighted by atomic mass is 16.5. The van der Waals surface area contributed by atoms with Crippen LogP contribution in [0.5, 0.6) is 0 Å². The summed E-state index contributed by atoms with van der Waals surface area (Å²) in [6.07, 6.45) is 0. The summed E-state index contributed by atoms with van der Waals surface area (Å²) in [6.45, 7) is 16.8. The molecule has 1 aromatic heterocycles. The summed E-state index contributed by atoms with van der Waals surface area (Å²) in [4.78, 5) is 0. The second-order valence-corrected chi connectivity index (χ2v) is 5.58. The highest BCUT2D eigenvalue weighted by Crippen LogP contribution is 2.27. The van der Waals surface area contributed by atoms with Gasteiger partial charge in [-0.2, -0.15) is 0 Å². The molecule has 0 bridgehead atoms. The summed E-state index contributed by atoms with van der Waals surface area (Å²) < 4.78 is 5.31. The number of rotatable bonds is 0. The standard InChI is InChI=1S/C11H19NO.C2H6/c1-10(2,3)8-7-9(13-12-8)11(4,5)6;1-2/h7H,1-6H3;1-2H3. The number of hydrogen-bond acceptors (Lipinski definition) is 2. The number of nitrogens with zero attached hydrogens (tertiary/aromatic N) is 1. The van der Waals surface area contributed by atoms with Gasteiger partial charge in [-0.05, 0) is 0 Å². The molecule has 0 amide bonds. The van der Waals surface area contributed by atoms with Crippen molar-refractivity contribution < 1.29 is 4.52 Å². The monoisotopic (exact) mass is 211 g/mol. The van der Waals surface area contributed by atoms with Crippen molar-refractivity contribution in [2.75, 3.05) is 0 Å². The molecule has 0 unspecified atom stereocenters. The summed E-state index contributed by atoms with van der Waals surface area (Å²) in [5.74, 6) is 0.956. The molecule has 0 fully saturated rings. The molecule has 2 heteroatoms. The van der Waals surface area contributed by atoms with Gasteiger partial charge in [-0.25, -0.2) is 0 Å². The molecule has 1 rings (SSSR count). The maximum Gasteiger partial charge on any atom is 0.142 e. The molecule has 15 heavy (non-hydrogen) atoms. The Balaban J connectivity index is 0.000000921. The lowest BCUT2D eigenvalue weighted by molar-refractivity contribution is 0.319. The van der Waals surface area contributed by atoms with Crippen LogP contribution in [0, 0.1) is 0 Å². The highest BCUT2D eigenvalue weighted by Gasteiger charge is 2.24. The molecule has 88 valence electrons. The van der Waals surface area contributed by atoms with Gasteiger partial charge >= 0.3 is 0 Å². The Morgan fingerprint density at radius 2 is 1.40 bits per heavy atom. The second kappa shape index (κ2) is 4.82. The molecule has 0 spiro atoms. The summed E-state index contributed by atoms with van der Waals surface area (Å²) >= 11 is 0. The molecule has 0 aliphatic rings. The van der Waals surface area contributed by atoms with E-state index in [-0.39, 0.29) is 10.8 Å². The third-order valence-corrected chi connectivity index (χ3v) is 2.02. The van der Waals surface area contributed by atoms with Gasteiger partial charge in [0.05, 0.1) is 5.69 Å². The number of hydrogen-bond donors (Lipinski definition) is 0. The molecule has 0 N–H and O–H groups in total. The zero-order chi connectivity index (χ0) is 12.3. The summed E-state index contributed by atoms with van der Waals surface area (Å²) in [7, 11) is 0. The maximum atomic E-state index is 5.31. The van der Waals surface area contributed by atoms with Gasteiger partial charge in [0.25, 0.3) is 0 Å². The predicted octanol–water partition coefficient (Wildman–Crippen LogP) is 4.30. The predicted molar refractivity (Wildman–Crippen MR) is 65.3 cm³/mol. The average Bonchev–Trinajstić information content (AvgIpc) is 2.53. The van der Waals surface area contributed by atoms with Crippen LogP contribution in [0.25, 0.3) is 0 Å². The Kier molecular flexibility index (Phi) is 4.57. The molecule has 0 aromatic carbocycles. The topological polar surface area (TPSA) is 26.0 Å². The van der Waals surface area contributed by atoms with Crippen LogP contribution in [0.1, 0.15) is 66.8 Å². The molecule has 0 radical (unpaired) electrons. The van der Waals surface area contributed by atoms with E-state index in [0.717, 1.165) is 11.5 Å². The Hall–Kier alpha value is -0.790. The van der Waals surface area contributed by atoms with Crippen molar-refractivity contribution in [1.82, 2.24) is 5.16 Å². The first-order valence-corrected chi connectivity index (χ1v) is 5.69. The van der Waals surface area contributed by atoms with Crippen LogP contribution in [0.3, 0.4) is 0 Å². The zero-order valence-electron chi connectivity index (χ0n) is 11.4. The minimum Gasteiger partial charge on any atom is -0.361 e.